The first kappa shape index (κ1) is 9.52. The third kappa shape index (κ3) is 1.75. The maximum absolute atomic E-state index is 9.58. The number of aromatic hydroxyl groups is 1. The van der Waals surface area contributed by atoms with Crippen molar-refractivity contribution >= 4 is 16.8 Å². The van der Waals surface area contributed by atoms with E-state index in [9.17, 15) is 5.11 Å². The molecule has 14 heavy (non-hydrogen) atoms. The van der Waals surface area contributed by atoms with Gasteiger partial charge in [0.2, 0.25) is 0 Å². The van der Waals surface area contributed by atoms with Gasteiger partial charge in [0, 0.05) is 11.9 Å². The maximum atomic E-state index is 9.58. The Morgan fingerprint density at radius 3 is 2.86 bits per heavy atom. The van der Waals surface area contributed by atoms with Crippen LogP contribution >= 0.6 is 11.8 Å². The first-order valence-electron chi connectivity index (χ1n) is 4.45. The summed E-state index contributed by atoms with van der Waals surface area (Å²) >= 11 is 1.64. The van der Waals surface area contributed by atoms with E-state index in [0.29, 0.717) is 5.69 Å². The normalized spacial score (nSPS) is 19.4. The van der Waals surface area contributed by atoms with Gasteiger partial charge in [-0.2, -0.15) is 0 Å². The van der Waals surface area contributed by atoms with Gasteiger partial charge in [-0.15, -0.1) is 11.8 Å². The fourth-order valence-electron chi connectivity index (χ4n) is 1.27. The Morgan fingerprint density at radius 2 is 2.29 bits per heavy atom. The highest BCUT2D eigenvalue weighted by atomic mass is 32.2. The molecule has 3 nitrogen and oxygen atoms in total. The number of hydrogen-bond donors (Lipinski definition) is 1. The standard InChI is InChI=1S/C10H12N2OS/c1-10(2)6-14-9(12-10)8-7(13)4-3-5-11-8/h3-5,13H,6H2,1-2H3. The van der Waals surface area contributed by atoms with Crippen molar-refractivity contribution in [2.75, 3.05) is 5.75 Å². The molecule has 1 aliphatic heterocycles. The molecule has 0 bridgehead atoms. The molecule has 4 heteroatoms. The van der Waals surface area contributed by atoms with Gasteiger partial charge in [-0.25, -0.2) is 0 Å². The summed E-state index contributed by atoms with van der Waals surface area (Å²) in [5.74, 6) is 1.15. The van der Waals surface area contributed by atoms with E-state index in [2.05, 4.69) is 23.8 Å². The molecule has 0 atom stereocenters. The summed E-state index contributed by atoms with van der Waals surface area (Å²) < 4.78 is 0. The van der Waals surface area contributed by atoms with Crippen LogP contribution in [0.3, 0.4) is 0 Å². The lowest BCUT2D eigenvalue weighted by atomic mass is 10.1. The second-order valence-corrected chi connectivity index (χ2v) is 4.85. The number of hydrogen-bond acceptors (Lipinski definition) is 4. The summed E-state index contributed by atoms with van der Waals surface area (Å²) in [7, 11) is 0. The van der Waals surface area contributed by atoms with Gasteiger partial charge in [0.25, 0.3) is 0 Å². The first-order valence-corrected chi connectivity index (χ1v) is 5.44. The third-order valence-corrected chi connectivity index (χ3v) is 3.36. The molecule has 74 valence electrons. The third-order valence-electron chi connectivity index (χ3n) is 1.96. The summed E-state index contributed by atoms with van der Waals surface area (Å²) in [6.07, 6.45) is 1.67. The molecule has 0 unspecified atom stereocenters. The van der Waals surface area contributed by atoms with Gasteiger partial charge in [-0.05, 0) is 26.0 Å². The molecule has 2 rings (SSSR count). The average Bonchev–Trinajstić information content (AvgIpc) is 2.47. The van der Waals surface area contributed by atoms with Gasteiger partial charge in [0.15, 0.2) is 0 Å². The Bertz CT molecular complexity index is 387. The van der Waals surface area contributed by atoms with Crippen LogP contribution in [0.1, 0.15) is 19.5 Å². The van der Waals surface area contributed by atoms with Crippen LogP contribution in [-0.4, -0.2) is 26.4 Å². The molecular formula is C10H12N2OS. The van der Waals surface area contributed by atoms with Crippen molar-refractivity contribution in [1.29, 1.82) is 0 Å². The highest BCUT2D eigenvalue weighted by Crippen LogP contribution is 2.32. The summed E-state index contributed by atoms with van der Waals surface area (Å²) in [6, 6.07) is 3.35. The van der Waals surface area contributed by atoms with E-state index in [-0.39, 0.29) is 11.3 Å². The van der Waals surface area contributed by atoms with Crippen molar-refractivity contribution in [1.82, 2.24) is 4.98 Å². The molecule has 0 aromatic carbocycles. The Balaban J connectivity index is 2.38. The lowest BCUT2D eigenvalue weighted by Gasteiger charge is -2.09. The molecule has 0 aliphatic carbocycles. The van der Waals surface area contributed by atoms with Crippen molar-refractivity contribution in [3.05, 3.63) is 24.0 Å². The molecule has 1 aliphatic rings. The molecule has 0 fully saturated rings. The second-order valence-electron chi connectivity index (χ2n) is 3.89. The Hall–Kier alpha value is -1.03. The molecule has 1 aromatic heterocycles. The minimum atomic E-state index is -0.0377. The van der Waals surface area contributed by atoms with Crippen molar-refractivity contribution < 1.29 is 5.11 Å². The summed E-state index contributed by atoms with van der Waals surface area (Å²) in [5, 5.41) is 10.4. The number of rotatable bonds is 1. The van der Waals surface area contributed by atoms with Crippen molar-refractivity contribution in [3.63, 3.8) is 0 Å². The molecule has 0 saturated carbocycles. The van der Waals surface area contributed by atoms with E-state index < -0.39 is 0 Å². The predicted molar refractivity (Wildman–Crippen MR) is 59.0 cm³/mol. The Kier molecular flexibility index (Phi) is 2.23. The first-order chi connectivity index (χ1) is 6.58. The minimum absolute atomic E-state index is 0.0377. The van der Waals surface area contributed by atoms with Crippen molar-refractivity contribution in [3.8, 4) is 5.75 Å². The molecule has 0 radical (unpaired) electrons. The lowest BCUT2D eigenvalue weighted by molar-refractivity contribution is 0.471. The lowest BCUT2D eigenvalue weighted by Crippen LogP contribution is -2.15. The number of thioether (sulfide) groups is 1. The van der Waals surface area contributed by atoms with Crippen LogP contribution in [0.25, 0.3) is 0 Å². The number of aliphatic imine (C=N–C) groups is 1. The van der Waals surface area contributed by atoms with Gasteiger partial charge >= 0.3 is 0 Å². The second kappa shape index (κ2) is 3.28. The molecule has 1 aromatic rings. The SMILES string of the molecule is CC1(C)CSC(c2ncccc2O)=N1. The molecular weight excluding hydrogens is 196 g/mol. The average molecular weight is 208 g/mol. The highest BCUT2D eigenvalue weighted by molar-refractivity contribution is 8.14. The van der Waals surface area contributed by atoms with Crippen LogP contribution in [0.15, 0.2) is 23.3 Å². The van der Waals surface area contributed by atoms with Gasteiger partial charge < -0.3 is 5.11 Å². The monoisotopic (exact) mass is 208 g/mol. The largest absolute Gasteiger partial charge is 0.506 e. The van der Waals surface area contributed by atoms with Crippen molar-refractivity contribution in [2.24, 2.45) is 4.99 Å². The van der Waals surface area contributed by atoms with Crippen molar-refractivity contribution in [2.45, 2.75) is 19.4 Å². The molecule has 2 heterocycles. The van der Waals surface area contributed by atoms with E-state index in [0.717, 1.165) is 10.8 Å². The van der Waals surface area contributed by atoms with Crippen LogP contribution in [0, 0.1) is 0 Å². The quantitative estimate of drug-likeness (QED) is 0.768. The van der Waals surface area contributed by atoms with E-state index >= 15 is 0 Å². The Labute approximate surface area is 87.3 Å². The van der Waals surface area contributed by atoms with Gasteiger partial charge in [0.1, 0.15) is 16.5 Å². The molecule has 1 N–H and O–H groups in total. The maximum Gasteiger partial charge on any atom is 0.144 e. The minimum Gasteiger partial charge on any atom is -0.506 e. The summed E-state index contributed by atoms with van der Waals surface area (Å²) in [4.78, 5) is 8.63. The van der Waals surface area contributed by atoms with Crippen LogP contribution in [0.5, 0.6) is 5.75 Å². The van der Waals surface area contributed by atoms with E-state index in [1.165, 1.54) is 0 Å². The van der Waals surface area contributed by atoms with Gasteiger partial charge in [-0.1, -0.05) is 0 Å². The number of nitrogens with zero attached hydrogens (tertiary/aromatic N) is 2. The van der Waals surface area contributed by atoms with Crippen LogP contribution < -0.4 is 0 Å². The van der Waals surface area contributed by atoms with Crippen LogP contribution in [0.2, 0.25) is 0 Å². The summed E-state index contributed by atoms with van der Waals surface area (Å²) in [6.45, 7) is 4.15. The van der Waals surface area contributed by atoms with Gasteiger partial charge in [0.05, 0.1) is 5.54 Å². The predicted octanol–water partition coefficient (Wildman–Crippen LogP) is 2.06. The zero-order valence-electron chi connectivity index (χ0n) is 8.19. The van der Waals surface area contributed by atoms with Crippen LogP contribution in [0.4, 0.5) is 0 Å². The fourth-order valence-corrected chi connectivity index (χ4v) is 2.43. The zero-order chi connectivity index (χ0) is 10.2. The topological polar surface area (TPSA) is 45.5 Å². The van der Waals surface area contributed by atoms with E-state index in [1.54, 1.807) is 30.1 Å². The fraction of sp³-hybridized carbons (Fsp3) is 0.400. The number of aromatic nitrogens is 1. The van der Waals surface area contributed by atoms with E-state index in [4.69, 9.17) is 0 Å². The van der Waals surface area contributed by atoms with Crippen LogP contribution in [-0.2, 0) is 0 Å². The smallest absolute Gasteiger partial charge is 0.144 e. The highest BCUT2D eigenvalue weighted by Gasteiger charge is 2.27. The van der Waals surface area contributed by atoms with Gasteiger partial charge in [-0.3, -0.25) is 9.98 Å². The molecule has 0 saturated heterocycles. The molecule has 0 amide bonds. The van der Waals surface area contributed by atoms with E-state index in [1.807, 2.05) is 0 Å². The zero-order valence-corrected chi connectivity index (χ0v) is 9.01. The number of pyridine rings is 1. The summed E-state index contributed by atoms with van der Waals surface area (Å²) in [5.41, 5.74) is 0.562. The molecule has 0 spiro atoms. The Morgan fingerprint density at radius 1 is 1.50 bits per heavy atom.